The van der Waals surface area contributed by atoms with E-state index in [4.69, 9.17) is 21.1 Å². The molecule has 0 fully saturated rings. The topological polar surface area (TPSA) is 56.3 Å². The fraction of sp³-hybridized carbons (Fsp3) is 0.600. The first-order chi connectivity index (χ1) is 7.65. The average Bonchev–Trinajstić information content (AvgIpc) is 2.26. The average molecular weight is 246 g/mol. The van der Waals surface area contributed by atoms with Gasteiger partial charge in [0.15, 0.2) is 0 Å². The Labute approximate surface area is 100 Å². The Bertz CT molecular complexity index is 336. The molecule has 5 nitrogen and oxygen atoms in total. The van der Waals surface area contributed by atoms with Gasteiger partial charge in [0.05, 0.1) is 19.1 Å². The molecular weight excluding hydrogens is 230 g/mol. The summed E-state index contributed by atoms with van der Waals surface area (Å²) >= 11 is 5.98. The normalized spacial score (nSPS) is 12.2. The molecule has 0 aliphatic carbocycles. The van der Waals surface area contributed by atoms with Gasteiger partial charge in [-0.25, -0.2) is 4.98 Å². The van der Waals surface area contributed by atoms with Crippen LogP contribution >= 0.6 is 11.6 Å². The van der Waals surface area contributed by atoms with E-state index in [-0.39, 0.29) is 5.38 Å². The molecule has 0 saturated heterocycles. The highest BCUT2D eigenvalue weighted by molar-refractivity contribution is 6.21. The number of ether oxygens (including phenoxy) is 2. The molecule has 1 N–H and O–H groups in total. The Balaban J connectivity index is 2.56. The first-order valence-corrected chi connectivity index (χ1v) is 5.36. The van der Waals surface area contributed by atoms with Gasteiger partial charge in [-0.2, -0.15) is 4.98 Å². The maximum absolute atomic E-state index is 5.98. The van der Waals surface area contributed by atoms with Crippen LogP contribution in [0.25, 0.3) is 0 Å². The lowest BCUT2D eigenvalue weighted by Crippen LogP contribution is -2.19. The molecule has 1 atom stereocenters. The number of alkyl halides is 1. The first-order valence-electron chi connectivity index (χ1n) is 4.92. The van der Waals surface area contributed by atoms with Crippen molar-refractivity contribution in [3.8, 4) is 5.88 Å². The van der Waals surface area contributed by atoms with Crippen molar-refractivity contribution in [3.05, 3.63) is 11.9 Å². The van der Waals surface area contributed by atoms with Gasteiger partial charge in [-0.1, -0.05) is 0 Å². The summed E-state index contributed by atoms with van der Waals surface area (Å²) in [7, 11) is 3.19. The van der Waals surface area contributed by atoms with E-state index in [2.05, 4.69) is 15.3 Å². The molecule has 1 aromatic heterocycles. The van der Waals surface area contributed by atoms with Crippen LogP contribution in [0.3, 0.4) is 0 Å². The highest BCUT2D eigenvalue weighted by Crippen LogP contribution is 2.12. The highest BCUT2D eigenvalue weighted by Gasteiger charge is 2.06. The molecule has 0 spiro atoms. The Morgan fingerprint density at radius 3 is 2.81 bits per heavy atom. The van der Waals surface area contributed by atoms with Gasteiger partial charge in [-0.3, -0.25) is 0 Å². The van der Waals surface area contributed by atoms with Crippen molar-refractivity contribution >= 4 is 17.4 Å². The summed E-state index contributed by atoms with van der Waals surface area (Å²) < 4.78 is 9.97. The van der Waals surface area contributed by atoms with Gasteiger partial charge in [0.25, 0.3) is 0 Å². The molecule has 1 aromatic rings. The summed E-state index contributed by atoms with van der Waals surface area (Å²) in [5.74, 6) is 1.89. The smallest absolute Gasteiger partial charge is 0.218 e. The number of hydrogen-bond donors (Lipinski definition) is 1. The maximum Gasteiger partial charge on any atom is 0.218 e. The van der Waals surface area contributed by atoms with Crippen molar-refractivity contribution in [1.82, 2.24) is 9.97 Å². The van der Waals surface area contributed by atoms with Crippen molar-refractivity contribution in [2.24, 2.45) is 0 Å². The van der Waals surface area contributed by atoms with Gasteiger partial charge in [0, 0.05) is 19.7 Å². The fourth-order valence-corrected chi connectivity index (χ4v) is 1.39. The fourth-order valence-electron chi connectivity index (χ4n) is 1.19. The van der Waals surface area contributed by atoms with Crippen molar-refractivity contribution in [1.29, 1.82) is 0 Å². The Morgan fingerprint density at radius 1 is 1.44 bits per heavy atom. The van der Waals surface area contributed by atoms with Crippen LogP contribution in [0.15, 0.2) is 6.07 Å². The molecule has 0 bridgehead atoms. The number of nitrogens with one attached hydrogen (secondary N) is 1. The second kappa shape index (κ2) is 6.50. The lowest BCUT2D eigenvalue weighted by Gasteiger charge is -2.11. The van der Waals surface area contributed by atoms with Gasteiger partial charge in [-0.15, -0.1) is 11.6 Å². The molecule has 0 aliphatic rings. The predicted octanol–water partition coefficient (Wildman–Crippen LogP) is 1.46. The number of methoxy groups -OCH3 is 2. The molecule has 0 amide bonds. The number of anilines is 1. The summed E-state index contributed by atoms with van der Waals surface area (Å²) in [5.41, 5.74) is 0. The number of nitrogens with zero attached hydrogens (tertiary/aromatic N) is 2. The number of aryl methyl sites for hydroxylation is 1. The molecule has 16 heavy (non-hydrogen) atoms. The summed E-state index contributed by atoms with van der Waals surface area (Å²) in [6, 6.07) is 1.73. The minimum absolute atomic E-state index is 0.0914. The number of aromatic nitrogens is 2. The van der Waals surface area contributed by atoms with Crippen molar-refractivity contribution in [2.45, 2.75) is 12.3 Å². The third kappa shape index (κ3) is 4.20. The summed E-state index contributed by atoms with van der Waals surface area (Å²) in [6.45, 7) is 2.88. The minimum Gasteiger partial charge on any atom is -0.481 e. The molecule has 1 heterocycles. The molecular formula is C10H16ClN3O2. The molecule has 6 heteroatoms. The van der Waals surface area contributed by atoms with E-state index >= 15 is 0 Å². The zero-order valence-corrected chi connectivity index (χ0v) is 10.4. The predicted molar refractivity (Wildman–Crippen MR) is 63.3 cm³/mol. The molecule has 0 saturated carbocycles. The quantitative estimate of drug-likeness (QED) is 0.769. The highest BCUT2D eigenvalue weighted by atomic mass is 35.5. The standard InChI is InChI=1S/C10H16ClN3O2/c1-7-13-9(4-10(14-7)16-3)12-5-8(11)6-15-2/h4,8H,5-6H2,1-3H3,(H,12,13,14). The van der Waals surface area contributed by atoms with Gasteiger partial charge in [0.1, 0.15) is 11.6 Å². The molecule has 1 rings (SSSR count). The number of rotatable bonds is 6. The van der Waals surface area contributed by atoms with E-state index in [0.29, 0.717) is 30.7 Å². The lowest BCUT2D eigenvalue weighted by atomic mass is 10.4. The Hall–Kier alpha value is -1.07. The summed E-state index contributed by atoms with van der Waals surface area (Å²) in [5, 5.41) is 3.01. The first kappa shape index (κ1) is 13.0. The van der Waals surface area contributed by atoms with Gasteiger partial charge in [0.2, 0.25) is 5.88 Å². The maximum atomic E-state index is 5.98. The van der Waals surface area contributed by atoms with E-state index in [1.54, 1.807) is 27.2 Å². The minimum atomic E-state index is -0.0914. The van der Waals surface area contributed by atoms with Crippen LogP contribution in [0.4, 0.5) is 5.82 Å². The zero-order valence-electron chi connectivity index (χ0n) is 9.66. The monoisotopic (exact) mass is 245 g/mol. The van der Waals surface area contributed by atoms with E-state index in [0.717, 1.165) is 0 Å². The molecule has 0 aromatic carbocycles. The SMILES string of the molecule is COCC(Cl)CNc1cc(OC)nc(C)n1. The van der Waals surface area contributed by atoms with Crippen LogP contribution in [-0.4, -0.2) is 42.7 Å². The van der Waals surface area contributed by atoms with E-state index in [1.165, 1.54) is 0 Å². The number of hydrogen-bond acceptors (Lipinski definition) is 5. The van der Waals surface area contributed by atoms with Crippen molar-refractivity contribution in [3.63, 3.8) is 0 Å². The largest absolute Gasteiger partial charge is 0.481 e. The van der Waals surface area contributed by atoms with Crippen molar-refractivity contribution < 1.29 is 9.47 Å². The Morgan fingerprint density at radius 2 is 2.19 bits per heavy atom. The zero-order chi connectivity index (χ0) is 12.0. The van der Waals surface area contributed by atoms with Gasteiger partial charge < -0.3 is 14.8 Å². The van der Waals surface area contributed by atoms with Crippen LogP contribution < -0.4 is 10.1 Å². The van der Waals surface area contributed by atoms with E-state index in [9.17, 15) is 0 Å². The summed E-state index contributed by atoms with van der Waals surface area (Å²) in [4.78, 5) is 8.30. The molecule has 90 valence electrons. The summed E-state index contributed by atoms with van der Waals surface area (Å²) in [6.07, 6.45) is 0. The molecule has 0 radical (unpaired) electrons. The van der Waals surface area contributed by atoms with Crippen LogP contribution in [-0.2, 0) is 4.74 Å². The van der Waals surface area contributed by atoms with E-state index in [1.807, 2.05) is 0 Å². The van der Waals surface area contributed by atoms with Gasteiger partial charge in [-0.05, 0) is 6.92 Å². The Kier molecular flexibility index (Phi) is 5.28. The third-order valence-corrected chi connectivity index (χ3v) is 2.16. The van der Waals surface area contributed by atoms with E-state index < -0.39 is 0 Å². The van der Waals surface area contributed by atoms with Crippen LogP contribution in [0.1, 0.15) is 5.82 Å². The second-order valence-electron chi connectivity index (χ2n) is 3.28. The van der Waals surface area contributed by atoms with Crippen LogP contribution in [0.5, 0.6) is 5.88 Å². The second-order valence-corrected chi connectivity index (χ2v) is 3.89. The van der Waals surface area contributed by atoms with Crippen molar-refractivity contribution in [2.75, 3.05) is 32.7 Å². The lowest BCUT2D eigenvalue weighted by molar-refractivity contribution is 0.200. The van der Waals surface area contributed by atoms with Crippen LogP contribution in [0, 0.1) is 6.92 Å². The number of halogens is 1. The molecule has 1 unspecified atom stereocenters. The van der Waals surface area contributed by atoms with Gasteiger partial charge >= 0.3 is 0 Å². The molecule has 0 aliphatic heterocycles. The van der Waals surface area contributed by atoms with Crippen LogP contribution in [0.2, 0.25) is 0 Å². The third-order valence-electron chi connectivity index (χ3n) is 1.88.